The van der Waals surface area contributed by atoms with Crippen LogP contribution in [0.3, 0.4) is 0 Å². The average Bonchev–Trinajstić information content (AvgIpc) is 3.34. The van der Waals surface area contributed by atoms with Crippen LogP contribution in [-0.2, 0) is 11.3 Å². The lowest BCUT2D eigenvalue weighted by atomic mass is 10.1. The summed E-state index contributed by atoms with van der Waals surface area (Å²) in [5, 5.41) is 5.57. The highest BCUT2D eigenvalue weighted by molar-refractivity contribution is 6.04. The third-order valence-corrected chi connectivity index (χ3v) is 5.20. The molecule has 0 fully saturated rings. The van der Waals surface area contributed by atoms with Crippen LogP contribution >= 0.6 is 0 Å². The Morgan fingerprint density at radius 2 is 1.71 bits per heavy atom. The number of carbonyl (C=O) groups is 3. The van der Waals surface area contributed by atoms with E-state index in [1.165, 1.54) is 0 Å². The first kappa shape index (κ1) is 22.8. The van der Waals surface area contributed by atoms with E-state index < -0.39 is 5.91 Å². The van der Waals surface area contributed by atoms with E-state index in [-0.39, 0.29) is 31.6 Å². The highest BCUT2D eigenvalue weighted by Crippen LogP contribution is 2.32. The molecule has 8 nitrogen and oxygen atoms in total. The highest BCUT2D eigenvalue weighted by atomic mass is 16.7. The Labute approximate surface area is 196 Å². The second-order valence-corrected chi connectivity index (χ2v) is 7.55. The van der Waals surface area contributed by atoms with Gasteiger partial charge in [0.1, 0.15) is 5.75 Å². The molecule has 2 N–H and O–H groups in total. The van der Waals surface area contributed by atoms with E-state index in [0.717, 1.165) is 5.56 Å². The zero-order chi connectivity index (χ0) is 23.9. The van der Waals surface area contributed by atoms with Gasteiger partial charge in [0.2, 0.25) is 6.79 Å². The first-order valence-corrected chi connectivity index (χ1v) is 10.8. The summed E-state index contributed by atoms with van der Waals surface area (Å²) in [6.07, 6.45) is 0.423. The van der Waals surface area contributed by atoms with Gasteiger partial charge in [-0.3, -0.25) is 14.4 Å². The number of benzene rings is 3. The molecule has 2 amide bonds. The Morgan fingerprint density at radius 3 is 2.50 bits per heavy atom. The zero-order valence-corrected chi connectivity index (χ0v) is 18.6. The molecule has 1 aliphatic rings. The van der Waals surface area contributed by atoms with Gasteiger partial charge in [-0.25, -0.2) is 0 Å². The Hall–Kier alpha value is -4.33. The van der Waals surface area contributed by atoms with E-state index in [1.54, 1.807) is 61.5 Å². The minimum atomic E-state index is -0.412. The van der Waals surface area contributed by atoms with Crippen molar-refractivity contribution >= 4 is 23.3 Å². The van der Waals surface area contributed by atoms with E-state index >= 15 is 0 Å². The number of hydrogen-bond acceptors (Lipinski definition) is 6. The van der Waals surface area contributed by atoms with Gasteiger partial charge in [-0.15, -0.1) is 0 Å². The van der Waals surface area contributed by atoms with Crippen molar-refractivity contribution < 1.29 is 28.6 Å². The number of carbonyl (C=O) groups excluding carboxylic acids is 3. The van der Waals surface area contributed by atoms with Crippen LogP contribution in [0.2, 0.25) is 0 Å². The van der Waals surface area contributed by atoms with Gasteiger partial charge >= 0.3 is 0 Å². The molecule has 0 saturated heterocycles. The third-order valence-electron chi connectivity index (χ3n) is 5.20. The normalized spacial score (nSPS) is 11.6. The van der Waals surface area contributed by atoms with Crippen LogP contribution in [0.5, 0.6) is 17.2 Å². The van der Waals surface area contributed by atoms with Crippen molar-refractivity contribution in [1.29, 1.82) is 0 Å². The maximum absolute atomic E-state index is 12.8. The van der Waals surface area contributed by atoms with Gasteiger partial charge in [0.05, 0.1) is 11.3 Å². The number of para-hydroxylation sites is 1. The molecule has 3 aromatic carbocycles. The number of fused-ring (bicyclic) bond motifs is 1. The van der Waals surface area contributed by atoms with Gasteiger partial charge in [0.25, 0.3) is 11.8 Å². The number of anilines is 1. The molecule has 4 rings (SSSR count). The molecular formula is C26H24N2O6. The largest absolute Gasteiger partial charge is 0.484 e. The van der Waals surface area contributed by atoms with E-state index in [0.29, 0.717) is 40.5 Å². The third kappa shape index (κ3) is 5.53. The van der Waals surface area contributed by atoms with Gasteiger partial charge in [-0.05, 0) is 54.1 Å². The summed E-state index contributed by atoms with van der Waals surface area (Å²) in [7, 11) is 0. The molecule has 0 aromatic heterocycles. The molecule has 0 atom stereocenters. The molecular weight excluding hydrogens is 436 g/mol. The van der Waals surface area contributed by atoms with Gasteiger partial charge in [-0.2, -0.15) is 0 Å². The van der Waals surface area contributed by atoms with Crippen molar-refractivity contribution in [3.05, 3.63) is 83.4 Å². The van der Waals surface area contributed by atoms with Gasteiger partial charge < -0.3 is 24.8 Å². The van der Waals surface area contributed by atoms with Crippen molar-refractivity contribution in [3.63, 3.8) is 0 Å². The van der Waals surface area contributed by atoms with E-state index in [9.17, 15) is 14.4 Å². The Bertz CT molecular complexity index is 1210. The molecule has 0 radical (unpaired) electrons. The Kier molecular flexibility index (Phi) is 7.07. The molecule has 1 aliphatic heterocycles. The van der Waals surface area contributed by atoms with Crippen molar-refractivity contribution in [2.75, 3.05) is 18.7 Å². The molecule has 0 unspecified atom stereocenters. The number of amides is 2. The number of ether oxygens (including phenoxy) is 3. The topological polar surface area (TPSA) is 103 Å². The lowest BCUT2D eigenvalue weighted by Gasteiger charge is -2.12. The number of hydrogen-bond donors (Lipinski definition) is 2. The highest BCUT2D eigenvalue weighted by Gasteiger charge is 2.16. The first-order valence-electron chi connectivity index (χ1n) is 10.8. The van der Waals surface area contributed by atoms with E-state index in [1.807, 2.05) is 12.1 Å². The lowest BCUT2D eigenvalue weighted by Crippen LogP contribution is -2.26. The van der Waals surface area contributed by atoms with Crippen LogP contribution in [0.25, 0.3) is 0 Å². The number of rotatable bonds is 9. The molecule has 174 valence electrons. The van der Waals surface area contributed by atoms with Crippen LogP contribution in [0.1, 0.15) is 39.6 Å². The standard InChI is InChI=1S/C26H24N2O6/c1-2-22(29)18-8-10-19(11-9-18)32-15-25(30)28-21-6-4-3-5-20(21)26(31)27-14-17-7-12-23-24(13-17)34-16-33-23/h3-13H,2,14-16H2,1H3,(H,27,31)(H,28,30). The Morgan fingerprint density at radius 1 is 0.941 bits per heavy atom. The summed E-state index contributed by atoms with van der Waals surface area (Å²) in [5.74, 6) is 1.09. The lowest BCUT2D eigenvalue weighted by molar-refractivity contribution is -0.118. The second-order valence-electron chi connectivity index (χ2n) is 7.55. The summed E-state index contributed by atoms with van der Waals surface area (Å²) < 4.78 is 16.2. The number of ketones is 1. The molecule has 0 spiro atoms. The number of nitrogens with one attached hydrogen (secondary N) is 2. The molecule has 3 aromatic rings. The van der Waals surface area contributed by atoms with Crippen LogP contribution in [0.4, 0.5) is 5.69 Å². The maximum Gasteiger partial charge on any atom is 0.262 e. The van der Waals surface area contributed by atoms with Crippen LogP contribution in [-0.4, -0.2) is 31.0 Å². The SMILES string of the molecule is CCC(=O)c1ccc(OCC(=O)Nc2ccccc2C(=O)NCc2ccc3c(c2)OCO3)cc1. The Balaban J connectivity index is 1.32. The van der Waals surface area contributed by atoms with Crippen molar-refractivity contribution in [3.8, 4) is 17.2 Å². The molecule has 0 saturated carbocycles. The van der Waals surface area contributed by atoms with Crippen molar-refractivity contribution in [2.24, 2.45) is 0 Å². The number of Topliss-reactive ketones (excluding diaryl/α,β-unsaturated/α-hetero) is 1. The van der Waals surface area contributed by atoms with Crippen LogP contribution < -0.4 is 24.8 Å². The van der Waals surface area contributed by atoms with E-state index in [4.69, 9.17) is 14.2 Å². The average molecular weight is 460 g/mol. The van der Waals surface area contributed by atoms with Gasteiger partial charge in [-0.1, -0.05) is 25.1 Å². The fraction of sp³-hybridized carbons (Fsp3) is 0.192. The van der Waals surface area contributed by atoms with E-state index in [2.05, 4.69) is 10.6 Å². The molecule has 8 heteroatoms. The van der Waals surface area contributed by atoms with Crippen molar-refractivity contribution in [1.82, 2.24) is 5.32 Å². The fourth-order valence-corrected chi connectivity index (χ4v) is 3.39. The minimum absolute atomic E-state index is 0.0395. The quantitative estimate of drug-likeness (QED) is 0.469. The summed E-state index contributed by atoms with van der Waals surface area (Å²) in [5.41, 5.74) is 2.17. The summed E-state index contributed by atoms with van der Waals surface area (Å²) >= 11 is 0. The molecule has 1 heterocycles. The monoisotopic (exact) mass is 460 g/mol. The van der Waals surface area contributed by atoms with Gasteiger partial charge in [0, 0.05) is 18.5 Å². The van der Waals surface area contributed by atoms with Crippen molar-refractivity contribution in [2.45, 2.75) is 19.9 Å². The fourth-order valence-electron chi connectivity index (χ4n) is 3.39. The molecule has 0 bridgehead atoms. The molecule has 34 heavy (non-hydrogen) atoms. The van der Waals surface area contributed by atoms with Gasteiger partial charge in [0.15, 0.2) is 23.9 Å². The zero-order valence-electron chi connectivity index (χ0n) is 18.6. The maximum atomic E-state index is 12.8. The summed E-state index contributed by atoms with van der Waals surface area (Å²) in [6.45, 7) is 2.03. The predicted octanol–water partition coefficient (Wildman–Crippen LogP) is 3.96. The predicted molar refractivity (Wildman–Crippen MR) is 125 cm³/mol. The summed E-state index contributed by atoms with van der Waals surface area (Å²) in [6, 6.07) is 18.8. The van der Waals surface area contributed by atoms with Crippen LogP contribution in [0, 0.1) is 0 Å². The summed E-state index contributed by atoms with van der Waals surface area (Å²) in [4.78, 5) is 36.9. The molecule has 0 aliphatic carbocycles. The second kappa shape index (κ2) is 10.5. The van der Waals surface area contributed by atoms with Crippen LogP contribution in [0.15, 0.2) is 66.7 Å². The smallest absolute Gasteiger partial charge is 0.262 e. The minimum Gasteiger partial charge on any atom is -0.484 e. The first-order chi connectivity index (χ1) is 16.5.